The van der Waals surface area contributed by atoms with E-state index < -0.39 is 23.2 Å². The average molecular weight is 397 g/mol. The molecule has 0 amide bonds. The maximum atomic E-state index is 14.5. The van der Waals surface area contributed by atoms with Crippen molar-refractivity contribution in [3.8, 4) is 5.69 Å². The first-order valence-electron chi connectivity index (χ1n) is 7.58. The molecule has 138 valence electrons. The molecule has 3 heterocycles. The van der Waals surface area contributed by atoms with Crippen LogP contribution in [0.1, 0.15) is 5.69 Å². The van der Waals surface area contributed by atoms with E-state index in [1.165, 1.54) is 29.1 Å². The first kappa shape index (κ1) is 17.5. The monoisotopic (exact) mass is 396 g/mol. The van der Waals surface area contributed by atoms with Gasteiger partial charge in [0.05, 0.1) is 16.9 Å². The Morgan fingerprint density at radius 3 is 2.56 bits per heavy atom. The fourth-order valence-corrected chi connectivity index (χ4v) is 3.23. The van der Waals surface area contributed by atoms with Crippen molar-refractivity contribution in [3.05, 3.63) is 63.5 Å². The molecule has 0 aliphatic heterocycles. The minimum absolute atomic E-state index is 0.0362. The quantitative estimate of drug-likeness (QED) is 0.455. The Kier molecular flexibility index (Phi) is 3.74. The van der Waals surface area contributed by atoms with E-state index in [1.807, 2.05) is 0 Å². The number of hydrogen-bond acceptors (Lipinski definition) is 3. The van der Waals surface area contributed by atoms with Crippen LogP contribution in [0.4, 0.5) is 17.6 Å². The zero-order chi connectivity index (χ0) is 19.5. The van der Waals surface area contributed by atoms with Crippen LogP contribution in [-0.4, -0.2) is 19.1 Å². The molecule has 27 heavy (non-hydrogen) atoms. The second-order valence-corrected chi connectivity index (χ2v) is 6.24. The molecule has 10 heteroatoms. The molecule has 1 aromatic carbocycles. The Bertz CT molecular complexity index is 1260. The van der Waals surface area contributed by atoms with Crippen LogP contribution in [0.15, 0.2) is 41.5 Å². The number of halogens is 5. The van der Waals surface area contributed by atoms with Crippen molar-refractivity contribution < 1.29 is 17.6 Å². The highest BCUT2D eigenvalue weighted by atomic mass is 35.5. The van der Waals surface area contributed by atoms with Gasteiger partial charge in [0.2, 0.25) is 0 Å². The van der Waals surface area contributed by atoms with Gasteiger partial charge >= 0.3 is 6.18 Å². The van der Waals surface area contributed by atoms with Gasteiger partial charge in [0.25, 0.3) is 5.56 Å². The van der Waals surface area contributed by atoms with Crippen molar-refractivity contribution in [3.63, 3.8) is 0 Å². The van der Waals surface area contributed by atoms with E-state index in [1.54, 1.807) is 7.05 Å². The summed E-state index contributed by atoms with van der Waals surface area (Å²) < 4.78 is 56.2. The summed E-state index contributed by atoms with van der Waals surface area (Å²) >= 11 is 6.05. The van der Waals surface area contributed by atoms with E-state index in [0.717, 1.165) is 16.7 Å². The highest BCUT2D eigenvalue weighted by Crippen LogP contribution is 2.32. The van der Waals surface area contributed by atoms with Gasteiger partial charge in [-0.2, -0.15) is 13.2 Å². The van der Waals surface area contributed by atoms with Gasteiger partial charge in [-0.05, 0) is 24.3 Å². The van der Waals surface area contributed by atoms with Gasteiger partial charge in [-0.1, -0.05) is 17.7 Å². The Morgan fingerprint density at radius 1 is 1.15 bits per heavy atom. The molecule has 0 aliphatic rings. The second-order valence-electron chi connectivity index (χ2n) is 5.83. The fourth-order valence-electron chi connectivity index (χ4n) is 2.98. The maximum Gasteiger partial charge on any atom is 0.433 e. The molecule has 0 N–H and O–H groups in total. The summed E-state index contributed by atoms with van der Waals surface area (Å²) in [6, 6.07) is 5.68. The lowest BCUT2D eigenvalue weighted by molar-refractivity contribution is -0.141. The van der Waals surface area contributed by atoms with Crippen LogP contribution >= 0.6 is 11.6 Å². The Hall–Kier alpha value is -2.94. The van der Waals surface area contributed by atoms with E-state index >= 15 is 0 Å². The third kappa shape index (κ3) is 2.57. The van der Waals surface area contributed by atoms with E-state index in [0.29, 0.717) is 5.52 Å². The standard InChI is InChI=1S/C17H9ClF4N4O/c1-25-7-23-12-13(25)8-5-6-11(17(20,21)22)24-15(8)26(16(12)27)14-9(18)3-2-4-10(14)19/h2-7H,1H3. The normalized spacial score (nSPS) is 12.2. The lowest BCUT2D eigenvalue weighted by atomic mass is 10.2. The van der Waals surface area contributed by atoms with Crippen molar-refractivity contribution in [1.29, 1.82) is 0 Å². The molecule has 0 spiro atoms. The van der Waals surface area contributed by atoms with E-state index in [2.05, 4.69) is 9.97 Å². The minimum Gasteiger partial charge on any atom is -0.333 e. The van der Waals surface area contributed by atoms with Crippen LogP contribution < -0.4 is 5.56 Å². The van der Waals surface area contributed by atoms with Crippen molar-refractivity contribution in [2.45, 2.75) is 6.18 Å². The SMILES string of the molecule is Cn1cnc2c(=O)n(-c3c(F)cccc3Cl)c3nc(C(F)(F)F)ccc3c21. The van der Waals surface area contributed by atoms with E-state index in [-0.39, 0.29) is 27.3 Å². The van der Waals surface area contributed by atoms with Gasteiger partial charge in [0, 0.05) is 12.4 Å². The third-order valence-electron chi connectivity index (χ3n) is 4.14. The summed E-state index contributed by atoms with van der Waals surface area (Å²) in [5.74, 6) is -0.875. The number of pyridine rings is 2. The minimum atomic E-state index is -4.74. The molecule has 0 fully saturated rings. The Morgan fingerprint density at radius 2 is 1.89 bits per heavy atom. The molecule has 0 saturated carbocycles. The van der Waals surface area contributed by atoms with Crippen molar-refractivity contribution in [1.82, 2.24) is 19.1 Å². The number of aromatic nitrogens is 4. The number of alkyl halides is 3. The summed E-state index contributed by atoms with van der Waals surface area (Å²) in [4.78, 5) is 20.6. The summed E-state index contributed by atoms with van der Waals surface area (Å²) in [7, 11) is 1.59. The van der Waals surface area contributed by atoms with Crippen LogP contribution in [-0.2, 0) is 13.2 Å². The van der Waals surface area contributed by atoms with Crippen LogP contribution in [0, 0.1) is 5.82 Å². The molecule has 0 unspecified atom stereocenters. The van der Waals surface area contributed by atoms with E-state index in [9.17, 15) is 22.4 Å². The second kappa shape index (κ2) is 5.78. The third-order valence-corrected chi connectivity index (χ3v) is 4.44. The van der Waals surface area contributed by atoms with Gasteiger partial charge in [-0.3, -0.25) is 9.36 Å². The number of benzene rings is 1. The molecule has 4 rings (SSSR count). The molecule has 0 bridgehead atoms. The fraction of sp³-hybridized carbons (Fsp3) is 0.118. The summed E-state index contributed by atoms with van der Waals surface area (Å²) in [5.41, 5.74) is -2.52. The van der Waals surface area contributed by atoms with Gasteiger partial charge < -0.3 is 4.57 Å². The number of hydrogen-bond donors (Lipinski definition) is 0. The number of imidazole rings is 1. The lowest BCUT2D eigenvalue weighted by Gasteiger charge is -2.15. The van der Waals surface area contributed by atoms with Gasteiger partial charge in [0.1, 0.15) is 22.8 Å². The first-order chi connectivity index (χ1) is 12.7. The van der Waals surface area contributed by atoms with Gasteiger partial charge in [0.15, 0.2) is 5.52 Å². The van der Waals surface area contributed by atoms with Crippen LogP contribution in [0.25, 0.3) is 27.8 Å². The largest absolute Gasteiger partial charge is 0.433 e. The summed E-state index contributed by atoms with van der Waals surface area (Å²) in [6.45, 7) is 0. The first-order valence-corrected chi connectivity index (χ1v) is 7.96. The summed E-state index contributed by atoms with van der Waals surface area (Å²) in [5, 5.41) is 0.0600. The van der Waals surface area contributed by atoms with E-state index in [4.69, 9.17) is 11.6 Å². The molecule has 0 aliphatic carbocycles. The number of rotatable bonds is 1. The smallest absolute Gasteiger partial charge is 0.333 e. The van der Waals surface area contributed by atoms with Crippen LogP contribution in [0.3, 0.4) is 0 Å². The molecule has 0 radical (unpaired) electrons. The number of aryl methyl sites for hydroxylation is 1. The summed E-state index contributed by atoms with van der Waals surface area (Å²) in [6.07, 6.45) is -3.40. The Labute approximate surface area is 153 Å². The zero-order valence-electron chi connectivity index (χ0n) is 13.6. The molecule has 5 nitrogen and oxygen atoms in total. The highest BCUT2D eigenvalue weighted by Gasteiger charge is 2.33. The zero-order valence-corrected chi connectivity index (χ0v) is 14.3. The van der Waals surface area contributed by atoms with Gasteiger partial charge in [-0.15, -0.1) is 0 Å². The number of para-hydroxylation sites is 1. The van der Waals surface area contributed by atoms with Crippen molar-refractivity contribution in [2.24, 2.45) is 7.05 Å². The topological polar surface area (TPSA) is 52.7 Å². The van der Waals surface area contributed by atoms with Gasteiger partial charge in [-0.25, -0.2) is 14.4 Å². The predicted molar refractivity (Wildman–Crippen MR) is 91.6 cm³/mol. The molecule has 0 saturated heterocycles. The van der Waals surface area contributed by atoms with Crippen LogP contribution in [0.5, 0.6) is 0 Å². The van der Waals surface area contributed by atoms with Crippen molar-refractivity contribution >= 4 is 33.7 Å². The molecular weight excluding hydrogens is 388 g/mol. The van der Waals surface area contributed by atoms with Crippen molar-refractivity contribution in [2.75, 3.05) is 0 Å². The predicted octanol–water partition coefficient (Wildman–Crippen LogP) is 4.08. The number of fused-ring (bicyclic) bond motifs is 3. The number of nitrogens with zero attached hydrogens (tertiary/aromatic N) is 4. The molecule has 3 aromatic heterocycles. The molecule has 4 aromatic rings. The van der Waals surface area contributed by atoms with Crippen LogP contribution in [0.2, 0.25) is 5.02 Å². The Balaban J connectivity index is 2.28. The highest BCUT2D eigenvalue weighted by molar-refractivity contribution is 6.32. The lowest BCUT2D eigenvalue weighted by Crippen LogP contribution is -2.23. The molecular formula is C17H9ClF4N4O. The molecule has 0 atom stereocenters. The average Bonchev–Trinajstić information content (AvgIpc) is 2.98. The maximum absolute atomic E-state index is 14.5.